The second-order valence-electron chi connectivity index (χ2n) is 19.7. The fourth-order valence-electron chi connectivity index (χ4n) is 12.4. The van der Waals surface area contributed by atoms with Crippen molar-refractivity contribution in [2.24, 2.45) is 0 Å². The Bertz CT molecular complexity index is 4590. The van der Waals surface area contributed by atoms with Crippen LogP contribution < -0.4 is 19.3 Å². The molecule has 3 aromatic heterocycles. The Hall–Kier alpha value is -10.4. The zero-order chi connectivity index (χ0) is 49.6. The minimum Gasteiger partial charge on any atom is -0.453 e. The molecule has 15 aromatic rings. The van der Waals surface area contributed by atoms with E-state index in [0.29, 0.717) is 0 Å². The second kappa shape index (κ2) is 15.5. The molecule has 0 saturated heterocycles. The minimum absolute atomic E-state index is 0.803. The fraction of sp³-hybridized carbons (Fsp3) is 0. The molecule has 0 N–H and O–H groups in total. The number of para-hydroxylation sites is 10. The molecule has 5 heterocycles. The Balaban J connectivity index is 0.941. The Labute approximate surface area is 434 Å². The lowest BCUT2D eigenvalue weighted by Crippen LogP contribution is -2.15. The second-order valence-corrected chi connectivity index (χ2v) is 19.7. The maximum atomic E-state index is 6.44. The van der Waals surface area contributed by atoms with Crippen molar-refractivity contribution in [3.63, 3.8) is 0 Å². The summed E-state index contributed by atoms with van der Waals surface area (Å²) in [5.41, 5.74) is 15.6. The average molecular weight is 973 g/mol. The van der Waals surface area contributed by atoms with Gasteiger partial charge in [0, 0.05) is 43.7 Å². The smallest absolute Gasteiger partial charge is 0.151 e. The lowest BCUT2D eigenvalue weighted by atomic mass is 9.99. The van der Waals surface area contributed by atoms with Gasteiger partial charge in [-0.05, 0) is 120 Å². The van der Waals surface area contributed by atoms with Gasteiger partial charge in [0.1, 0.15) is 11.0 Å². The average Bonchev–Trinajstić information content (AvgIpc) is 4.03. The molecule has 0 amide bonds. The van der Waals surface area contributed by atoms with Gasteiger partial charge in [0.05, 0.1) is 67.2 Å². The zero-order valence-corrected chi connectivity index (χ0v) is 40.6. The van der Waals surface area contributed by atoms with Crippen molar-refractivity contribution in [1.29, 1.82) is 0 Å². The molecule has 0 spiro atoms. The van der Waals surface area contributed by atoms with Crippen molar-refractivity contribution in [3.8, 4) is 34.4 Å². The number of benzene rings is 12. The molecule has 0 aliphatic carbocycles. The van der Waals surface area contributed by atoms with Crippen LogP contribution in [0, 0.1) is 0 Å². The molecule has 8 heteroatoms. The summed E-state index contributed by atoms with van der Waals surface area (Å²) in [5, 5.41) is 8.96. The topological polar surface area (TPSA) is 60.6 Å². The highest BCUT2D eigenvalue weighted by Crippen LogP contribution is 2.53. The predicted octanol–water partition coefficient (Wildman–Crippen LogP) is 18.4. The van der Waals surface area contributed by atoms with Crippen LogP contribution in [-0.4, -0.2) is 19.1 Å². The van der Waals surface area contributed by atoms with E-state index in [1.807, 2.05) is 48.5 Å². The summed E-state index contributed by atoms with van der Waals surface area (Å²) in [6.07, 6.45) is 0. The van der Waals surface area contributed by atoms with Crippen LogP contribution in [0.5, 0.6) is 23.0 Å². The van der Waals surface area contributed by atoms with E-state index in [4.69, 9.17) is 19.4 Å². The van der Waals surface area contributed by atoms with E-state index >= 15 is 0 Å². The lowest BCUT2D eigenvalue weighted by Gasteiger charge is -2.32. The number of nitrogens with zero attached hydrogens (tertiary/aromatic N) is 6. The molecule has 8 nitrogen and oxygen atoms in total. The third-order valence-electron chi connectivity index (χ3n) is 15.6. The van der Waals surface area contributed by atoms with Gasteiger partial charge < -0.3 is 28.4 Å². The molecule has 12 aromatic carbocycles. The third kappa shape index (κ3) is 5.72. The van der Waals surface area contributed by atoms with Gasteiger partial charge >= 0.3 is 0 Å². The van der Waals surface area contributed by atoms with Crippen molar-refractivity contribution < 1.29 is 9.47 Å². The molecular formula is C68H40N6O2. The Kier molecular flexibility index (Phi) is 8.40. The molecule has 0 fully saturated rings. The Morgan fingerprint density at radius 3 is 0.947 bits per heavy atom. The molecule has 0 atom stereocenters. The maximum Gasteiger partial charge on any atom is 0.151 e. The zero-order valence-electron chi connectivity index (χ0n) is 40.6. The first-order chi connectivity index (χ1) is 37.7. The van der Waals surface area contributed by atoms with Gasteiger partial charge in [0.15, 0.2) is 23.0 Å². The van der Waals surface area contributed by atoms with Crippen LogP contribution in [0.15, 0.2) is 243 Å². The predicted molar refractivity (Wildman–Crippen MR) is 310 cm³/mol. The lowest BCUT2D eigenvalue weighted by molar-refractivity contribution is 0.477. The van der Waals surface area contributed by atoms with E-state index in [-0.39, 0.29) is 0 Å². The molecule has 76 heavy (non-hydrogen) atoms. The summed E-state index contributed by atoms with van der Waals surface area (Å²) in [7, 11) is 0. The van der Waals surface area contributed by atoms with Crippen LogP contribution in [-0.2, 0) is 0 Å². The first-order valence-corrected chi connectivity index (χ1v) is 25.6. The summed E-state index contributed by atoms with van der Waals surface area (Å²) in [4.78, 5) is 16.4. The van der Waals surface area contributed by atoms with Gasteiger partial charge in [-0.15, -0.1) is 0 Å². The monoisotopic (exact) mass is 972 g/mol. The van der Waals surface area contributed by atoms with Gasteiger partial charge in [-0.3, -0.25) is 0 Å². The molecular weight excluding hydrogens is 933 g/mol. The number of fused-ring (bicyclic) bond motifs is 17. The van der Waals surface area contributed by atoms with E-state index in [0.717, 1.165) is 156 Å². The van der Waals surface area contributed by atoms with Gasteiger partial charge in [0.2, 0.25) is 0 Å². The van der Waals surface area contributed by atoms with Crippen LogP contribution in [0.4, 0.5) is 34.1 Å². The van der Waals surface area contributed by atoms with Crippen LogP contribution in [0.1, 0.15) is 0 Å². The van der Waals surface area contributed by atoms with Crippen LogP contribution in [0.3, 0.4) is 0 Å². The number of anilines is 6. The SMILES string of the molecule is c1ccc2c(c1)Oc1ccccc1N2c1ccc2c(c1)c1ccccc1n2-c1ccc(-n2c3ccccc3c3cc(N4c5ccccc5Oc5ccccc54)ccc32)c2nc3c4ccccc4c4ccccc4c3nc12. The molecule has 354 valence electrons. The van der Waals surface area contributed by atoms with Crippen molar-refractivity contribution in [1.82, 2.24) is 19.1 Å². The largest absolute Gasteiger partial charge is 0.453 e. The van der Waals surface area contributed by atoms with E-state index in [2.05, 4.69) is 213 Å². The highest BCUT2D eigenvalue weighted by molar-refractivity contribution is 6.25. The normalized spacial score (nSPS) is 12.9. The van der Waals surface area contributed by atoms with Gasteiger partial charge in [-0.2, -0.15) is 0 Å². The molecule has 0 saturated carbocycles. The summed E-state index contributed by atoms with van der Waals surface area (Å²) in [6, 6.07) is 85.8. The highest BCUT2D eigenvalue weighted by atomic mass is 16.5. The van der Waals surface area contributed by atoms with Gasteiger partial charge in [-0.1, -0.05) is 133 Å². The number of hydrogen-bond donors (Lipinski definition) is 0. The number of rotatable bonds is 4. The van der Waals surface area contributed by atoms with Crippen molar-refractivity contribution in [2.75, 3.05) is 9.80 Å². The van der Waals surface area contributed by atoms with Gasteiger partial charge in [-0.25, -0.2) is 9.97 Å². The Morgan fingerprint density at radius 2 is 0.553 bits per heavy atom. The number of hydrogen-bond acceptors (Lipinski definition) is 6. The van der Waals surface area contributed by atoms with E-state index in [1.54, 1.807) is 0 Å². The summed E-state index contributed by atoms with van der Waals surface area (Å²) >= 11 is 0. The minimum atomic E-state index is 0.803. The van der Waals surface area contributed by atoms with E-state index in [9.17, 15) is 0 Å². The number of aromatic nitrogens is 4. The van der Waals surface area contributed by atoms with Crippen LogP contribution >= 0.6 is 0 Å². The van der Waals surface area contributed by atoms with E-state index in [1.165, 1.54) is 0 Å². The van der Waals surface area contributed by atoms with Gasteiger partial charge in [0.25, 0.3) is 0 Å². The van der Waals surface area contributed by atoms with Crippen LogP contribution in [0.25, 0.3) is 98.6 Å². The molecule has 0 bridgehead atoms. The van der Waals surface area contributed by atoms with Crippen LogP contribution in [0.2, 0.25) is 0 Å². The molecule has 17 rings (SSSR count). The highest BCUT2D eigenvalue weighted by Gasteiger charge is 2.29. The fourth-order valence-corrected chi connectivity index (χ4v) is 12.4. The van der Waals surface area contributed by atoms with E-state index < -0.39 is 0 Å². The third-order valence-corrected chi connectivity index (χ3v) is 15.6. The van der Waals surface area contributed by atoms with Crippen molar-refractivity contribution in [2.45, 2.75) is 0 Å². The number of ether oxygens (including phenoxy) is 2. The first-order valence-electron chi connectivity index (χ1n) is 25.6. The molecule has 2 aliphatic rings. The molecule has 2 aliphatic heterocycles. The maximum absolute atomic E-state index is 6.44. The molecule has 0 radical (unpaired) electrons. The van der Waals surface area contributed by atoms with Crippen molar-refractivity contribution in [3.05, 3.63) is 243 Å². The first kappa shape index (κ1) is 41.1. The summed E-state index contributed by atoms with van der Waals surface area (Å²) in [6.45, 7) is 0. The van der Waals surface area contributed by atoms with Crippen molar-refractivity contribution >= 4 is 121 Å². The summed E-state index contributed by atoms with van der Waals surface area (Å²) in [5.74, 6) is 3.27. The Morgan fingerprint density at radius 1 is 0.237 bits per heavy atom. The quantitative estimate of drug-likeness (QED) is 0.129. The summed E-state index contributed by atoms with van der Waals surface area (Å²) < 4.78 is 17.7. The molecule has 0 unspecified atom stereocenters. The standard InChI is InChI=1S/C68H40N6O2/c1-3-21-47-43(17-1)44-18-2-4-22-48(44)66-65(47)69-67-59(73-51-23-7-5-19-45(51)49-39-41(33-35-53(49)73)71-55-25-9-13-29-61(55)75-62-30-14-10-26-56(62)71)37-38-60(68(67)70-66)74-52-24-8-6-20-46(52)50-40-42(34-36-54(50)74)72-57-27-11-15-31-63(57)76-64-32-16-12-28-58(64)72/h1-40H.